The fourth-order valence-electron chi connectivity index (χ4n) is 2.40. The first-order chi connectivity index (χ1) is 12.4. The highest BCUT2D eigenvalue weighted by molar-refractivity contribution is 7.13. The molecule has 26 heavy (non-hydrogen) atoms. The van der Waals surface area contributed by atoms with E-state index in [0.717, 1.165) is 10.6 Å². The van der Waals surface area contributed by atoms with Crippen LogP contribution in [-0.2, 0) is 11.4 Å². The third kappa shape index (κ3) is 4.08. The molecule has 4 nitrogen and oxygen atoms in total. The number of benzene rings is 2. The van der Waals surface area contributed by atoms with E-state index in [1.165, 1.54) is 36.0 Å². The highest BCUT2D eigenvalue weighted by Gasteiger charge is 2.16. The maximum absolute atomic E-state index is 14.1. The van der Waals surface area contributed by atoms with Gasteiger partial charge < -0.3 is 9.84 Å². The van der Waals surface area contributed by atoms with Crippen molar-refractivity contribution < 1.29 is 19.0 Å². The number of aliphatic carboxylic acids is 1. The minimum absolute atomic E-state index is 0.0798. The van der Waals surface area contributed by atoms with Gasteiger partial charge in [0, 0.05) is 10.9 Å². The third-order valence-electron chi connectivity index (χ3n) is 4.05. The van der Waals surface area contributed by atoms with E-state index in [9.17, 15) is 9.18 Å². The molecule has 0 spiro atoms. The standard InChI is InChI=1S/C20H18FNO3S/c1-12-3-5-14(6-4-12)19-22-16(11-26-19)10-25-18-8-7-15(9-17(18)21)13(2)20(23)24/h3-9,11,13H,10H2,1-2H3,(H,23,24). The Labute approximate surface area is 154 Å². The van der Waals surface area contributed by atoms with Crippen LogP contribution in [0.2, 0.25) is 0 Å². The Bertz CT molecular complexity index is 921. The van der Waals surface area contributed by atoms with Gasteiger partial charge in [-0.15, -0.1) is 11.3 Å². The Morgan fingerprint density at radius 3 is 2.65 bits per heavy atom. The van der Waals surface area contributed by atoms with Crippen LogP contribution in [-0.4, -0.2) is 16.1 Å². The number of aromatic nitrogens is 1. The van der Waals surface area contributed by atoms with Crippen molar-refractivity contribution in [1.82, 2.24) is 4.98 Å². The molecule has 0 saturated heterocycles. The predicted molar refractivity (Wildman–Crippen MR) is 99.1 cm³/mol. The molecule has 0 aliphatic rings. The number of ether oxygens (including phenoxy) is 1. The third-order valence-corrected chi connectivity index (χ3v) is 4.99. The maximum atomic E-state index is 14.1. The van der Waals surface area contributed by atoms with Gasteiger partial charge in [0.25, 0.3) is 0 Å². The molecule has 0 aliphatic carbocycles. The van der Waals surface area contributed by atoms with Gasteiger partial charge in [-0.05, 0) is 31.5 Å². The molecule has 3 aromatic rings. The van der Waals surface area contributed by atoms with Crippen LogP contribution < -0.4 is 4.74 Å². The topological polar surface area (TPSA) is 59.4 Å². The second-order valence-corrected chi connectivity index (χ2v) is 6.91. The summed E-state index contributed by atoms with van der Waals surface area (Å²) in [6.45, 7) is 3.69. The van der Waals surface area contributed by atoms with Gasteiger partial charge in [0.2, 0.25) is 0 Å². The van der Waals surface area contributed by atoms with Crippen LogP contribution in [0, 0.1) is 12.7 Å². The van der Waals surface area contributed by atoms with Gasteiger partial charge in [-0.25, -0.2) is 9.37 Å². The number of halogens is 1. The molecule has 1 N–H and O–H groups in total. The van der Waals surface area contributed by atoms with E-state index in [0.29, 0.717) is 11.3 Å². The summed E-state index contributed by atoms with van der Waals surface area (Å²) in [5.74, 6) is -2.26. The van der Waals surface area contributed by atoms with Crippen molar-refractivity contribution in [1.29, 1.82) is 0 Å². The molecule has 6 heteroatoms. The molecule has 0 radical (unpaired) electrons. The van der Waals surface area contributed by atoms with Crippen molar-refractivity contribution in [3.05, 3.63) is 70.5 Å². The molecule has 1 aromatic heterocycles. The lowest BCUT2D eigenvalue weighted by Gasteiger charge is -2.10. The van der Waals surface area contributed by atoms with Gasteiger partial charge in [-0.1, -0.05) is 35.9 Å². The monoisotopic (exact) mass is 371 g/mol. The lowest BCUT2D eigenvalue weighted by Crippen LogP contribution is -2.08. The minimum Gasteiger partial charge on any atom is -0.484 e. The van der Waals surface area contributed by atoms with E-state index in [4.69, 9.17) is 9.84 Å². The fourth-order valence-corrected chi connectivity index (χ4v) is 3.21. The van der Waals surface area contributed by atoms with Gasteiger partial charge in [0.1, 0.15) is 11.6 Å². The number of thiazole rings is 1. The summed E-state index contributed by atoms with van der Waals surface area (Å²) in [5, 5.41) is 11.8. The molecule has 0 bridgehead atoms. The number of nitrogens with zero attached hydrogens (tertiary/aromatic N) is 1. The van der Waals surface area contributed by atoms with Crippen LogP contribution in [0.1, 0.15) is 29.7 Å². The Hall–Kier alpha value is -2.73. The molecule has 2 aromatic carbocycles. The molecule has 0 amide bonds. The summed E-state index contributed by atoms with van der Waals surface area (Å²) in [4.78, 5) is 15.5. The summed E-state index contributed by atoms with van der Waals surface area (Å²) >= 11 is 1.51. The molecule has 0 fully saturated rings. The molecule has 0 aliphatic heterocycles. The van der Waals surface area contributed by atoms with E-state index in [1.54, 1.807) is 6.07 Å². The molecule has 0 saturated carbocycles. The van der Waals surface area contributed by atoms with Gasteiger partial charge in [0.05, 0.1) is 11.6 Å². The van der Waals surface area contributed by atoms with E-state index >= 15 is 0 Å². The quantitative estimate of drug-likeness (QED) is 0.661. The fraction of sp³-hybridized carbons (Fsp3) is 0.200. The normalized spacial score (nSPS) is 12.0. The molecule has 1 unspecified atom stereocenters. The minimum atomic E-state index is -0.996. The molecule has 3 rings (SSSR count). The van der Waals surface area contributed by atoms with Gasteiger partial charge in [-0.3, -0.25) is 4.79 Å². The smallest absolute Gasteiger partial charge is 0.310 e. The molecule has 1 heterocycles. The van der Waals surface area contributed by atoms with Crippen molar-refractivity contribution in [2.75, 3.05) is 0 Å². The first-order valence-corrected chi connectivity index (χ1v) is 8.98. The van der Waals surface area contributed by atoms with Crippen molar-refractivity contribution in [2.24, 2.45) is 0 Å². The largest absolute Gasteiger partial charge is 0.484 e. The van der Waals surface area contributed by atoms with Crippen LogP contribution in [0.4, 0.5) is 4.39 Å². The SMILES string of the molecule is Cc1ccc(-c2nc(COc3ccc(C(C)C(=O)O)cc3F)cs2)cc1. The van der Waals surface area contributed by atoms with Crippen molar-refractivity contribution >= 4 is 17.3 Å². The maximum Gasteiger partial charge on any atom is 0.310 e. The number of carbonyl (C=O) groups is 1. The summed E-state index contributed by atoms with van der Waals surface area (Å²) in [7, 11) is 0. The van der Waals surface area contributed by atoms with Crippen molar-refractivity contribution in [3.8, 4) is 16.3 Å². The zero-order valence-corrected chi connectivity index (χ0v) is 15.2. The molecule has 134 valence electrons. The summed E-state index contributed by atoms with van der Waals surface area (Å²) in [6.07, 6.45) is 0. The van der Waals surface area contributed by atoms with Crippen LogP contribution in [0.5, 0.6) is 5.75 Å². The lowest BCUT2D eigenvalue weighted by molar-refractivity contribution is -0.138. The van der Waals surface area contributed by atoms with Crippen LogP contribution in [0.3, 0.4) is 0 Å². The van der Waals surface area contributed by atoms with E-state index < -0.39 is 17.7 Å². The van der Waals surface area contributed by atoms with E-state index in [-0.39, 0.29) is 12.4 Å². The van der Waals surface area contributed by atoms with E-state index in [1.807, 2.05) is 36.6 Å². The second-order valence-electron chi connectivity index (χ2n) is 6.05. The lowest BCUT2D eigenvalue weighted by atomic mass is 10.0. The Morgan fingerprint density at radius 1 is 1.27 bits per heavy atom. The first kappa shape index (κ1) is 18.1. The average molecular weight is 371 g/mol. The van der Waals surface area contributed by atoms with Crippen molar-refractivity contribution in [3.63, 3.8) is 0 Å². The summed E-state index contributed by atoms with van der Waals surface area (Å²) in [6, 6.07) is 12.3. The predicted octanol–water partition coefficient (Wildman–Crippen LogP) is 5.02. The zero-order valence-electron chi connectivity index (χ0n) is 14.4. The molecular weight excluding hydrogens is 353 g/mol. The van der Waals surface area contributed by atoms with Gasteiger partial charge >= 0.3 is 5.97 Å². The second kappa shape index (κ2) is 7.66. The number of carboxylic acid groups (broad SMARTS) is 1. The number of carboxylic acids is 1. The first-order valence-electron chi connectivity index (χ1n) is 8.10. The number of aryl methyl sites for hydroxylation is 1. The Balaban J connectivity index is 1.68. The van der Waals surface area contributed by atoms with Crippen LogP contribution in [0.15, 0.2) is 47.8 Å². The number of hydrogen-bond acceptors (Lipinski definition) is 4. The molecular formula is C20H18FNO3S. The van der Waals surface area contributed by atoms with Gasteiger partial charge in [-0.2, -0.15) is 0 Å². The highest BCUT2D eigenvalue weighted by Crippen LogP contribution is 2.26. The van der Waals surface area contributed by atoms with Crippen molar-refractivity contribution in [2.45, 2.75) is 26.4 Å². The average Bonchev–Trinajstić information content (AvgIpc) is 3.09. The summed E-state index contributed by atoms with van der Waals surface area (Å²) < 4.78 is 19.7. The Morgan fingerprint density at radius 2 is 2.00 bits per heavy atom. The Kier molecular flexibility index (Phi) is 5.32. The molecule has 1 atom stereocenters. The summed E-state index contributed by atoms with van der Waals surface area (Å²) in [5.41, 5.74) is 3.33. The van der Waals surface area contributed by atoms with Gasteiger partial charge in [0.15, 0.2) is 11.6 Å². The number of hydrogen-bond donors (Lipinski definition) is 1. The highest BCUT2D eigenvalue weighted by atomic mass is 32.1. The number of rotatable bonds is 6. The van der Waals surface area contributed by atoms with E-state index in [2.05, 4.69) is 4.98 Å². The van der Waals surface area contributed by atoms with Crippen LogP contribution in [0.25, 0.3) is 10.6 Å². The van der Waals surface area contributed by atoms with Crippen LogP contribution >= 0.6 is 11.3 Å². The zero-order chi connectivity index (χ0) is 18.7.